The fourth-order valence-corrected chi connectivity index (χ4v) is 3.24. The van der Waals surface area contributed by atoms with E-state index in [9.17, 15) is 9.59 Å². The summed E-state index contributed by atoms with van der Waals surface area (Å²) in [6.07, 6.45) is 0.755. The van der Waals surface area contributed by atoms with Crippen LogP contribution in [0.15, 0.2) is 42.5 Å². The number of amides is 2. The highest BCUT2D eigenvalue weighted by Gasteiger charge is 2.27. The minimum atomic E-state index is -0.661. The molecule has 0 saturated carbocycles. The number of nitrogens with zero attached hydrogens (tertiary/aromatic N) is 1. The van der Waals surface area contributed by atoms with E-state index < -0.39 is 6.04 Å². The number of carbonyl (C=O) groups is 2. The lowest BCUT2D eigenvalue weighted by atomic mass is 9.97. The first kappa shape index (κ1) is 19.6. The molecule has 1 heterocycles. The third kappa shape index (κ3) is 4.39. The third-order valence-electron chi connectivity index (χ3n) is 4.90. The monoisotopic (exact) mass is 378 g/mol. The molecule has 0 spiro atoms. The standard InChI is InChI=1S/C22H26N4O2/c1-5-15(4)19(25-20(27)16-11-13(2)10-14(3)12-16)21(28)26-22-23-17-8-6-7-9-18(17)24-22/h6-12,15,19H,5H2,1-4H3,(H,25,27)(H2,23,24,26,28). The van der Waals surface area contributed by atoms with E-state index in [1.54, 1.807) is 0 Å². The lowest BCUT2D eigenvalue weighted by molar-refractivity contribution is -0.119. The van der Waals surface area contributed by atoms with Gasteiger partial charge in [0.2, 0.25) is 11.9 Å². The summed E-state index contributed by atoms with van der Waals surface area (Å²) < 4.78 is 0. The first-order valence-corrected chi connectivity index (χ1v) is 9.52. The zero-order chi connectivity index (χ0) is 20.3. The molecular formula is C22H26N4O2. The van der Waals surface area contributed by atoms with Gasteiger partial charge in [0.15, 0.2) is 0 Å². The van der Waals surface area contributed by atoms with Crippen molar-refractivity contribution >= 4 is 28.8 Å². The van der Waals surface area contributed by atoms with Crippen LogP contribution in [-0.4, -0.2) is 27.8 Å². The van der Waals surface area contributed by atoms with Gasteiger partial charge in [-0.1, -0.05) is 49.6 Å². The molecule has 3 rings (SSSR count). The summed E-state index contributed by atoms with van der Waals surface area (Å²) in [4.78, 5) is 33.1. The van der Waals surface area contributed by atoms with Crippen LogP contribution >= 0.6 is 0 Å². The van der Waals surface area contributed by atoms with E-state index in [0.717, 1.165) is 28.6 Å². The molecule has 2 unspecified atom stereocenters. The number of hydrogen-bond donors (Lipinski definition) is 3. The molecule has 2 atom stereocenters. The minimum absolute atomic E-state index is 0.0285. The molecule has 0 aliphatic carbocycles. The number of imidazole rings is 1. The van der Waals surface area contributed by atoms with Crippen LogP contribution in [0.3, 0.4) is 0 Å². The van der Waals surface area contributed by atoms with E-state index in [1.807, 2.05) is 70.2 Å². The Hall–Kier alpha value is -3.15. The molecule has 6 nitrogen and oxygen atoms in total. The van der Waals surface area contributed by atoms with E-state index in [2.05, 4.69) is 20.6 Å². The Morgan fingerprint density at radius 2 is 1.79 bits per heavy atom. The number of nitrogens with one attached hydrogen (secondary N) is 3. The summed E-state index contributed by atoms with van der Waals surface area (Å²) in [5.41, 5.74) is 4.20. The minimum Gasteiger partial charge on any atom is -0.340 e. The number of H-pyrrole nitrogens is 1. The van der Waals surface area contributed by atoms with Crippen molar-refractivity contribution in [2.45, 2.75) is 40.2 Å². The van der Waals surface area contributed by atoms with Crippen LogP contribution in [-0.2, 0) is 4.79 Å². The molecule has 2 aromatic carbocycles. The van der Waals surface area contributed by atoms with Crippen molar-refractivity contribution in [2.24, 2.45) is 5.92 Å². The molecule has 6 heteroatoms. The van der Waals surface area contributed by atoms with Crippen LogP contribution < -0.4 is 10.6 Å². The van der Waals surface area contributed by atoms with E-state index >= 15 is 0 Å². The number of rotatable bonds is 6. The molecule has 0 fully saturated rings. The number of hydrogen-bond acceptors (Lipinski definition) is 3. The molecule has 1 aromatic heterocycles. The zero-order valence-electron chi connectivity index (χ0n) is 16.7. The number of anilines is 1. The fraction of sp³-hybridized carbons (Fsp3) is 0.318. The molecule has 0 aliphatic heterocycles. The normalized spacial score (nSPS) is 13.1. The summed E-state index contributed by atoms with van der Waals surface area (Å²) >= 11 is 0. The van der Waals surface area contributed by atoms with Crippen molar-refractivity contribution in [3.05, 3.63) is 59.2 Å². The second-order valence-corrected chi connectivity index (χ2v) is 7.30. The predicted octanol–water partition coefficient (Wildman–Crippen LogP) is 3.96. The van der Waals surface area contributed by atoms with Gasteiger partial charge in [-0.15, -0.1) is 0 Å². The number of benzene rings is 2. The van der Waals surface area contributed by atoms with Crippen molar-refractivity contribution < 1.29 is 9.59 Å². The van der Waals surface area contributed by atoms with Gasteiger partial charge in [-0.2, -0.15) is 0 Å². The lowest BCUT2D eigenvalue weighted by Crippen LogP contribution is -2.47. The van der Waals surface area contributed by atoms with E-state index in [1.165, 1.54) is 0 Å². The average Bonchev–Trinajstić information content (AvgIpc) is 3.06. The highest BCUT2D eigenvalue weighted by molar-refractivity contribution is 6.01. The zero-order valence-corrected chi connectivity index (χ0v) is 16.7. The van der Waals surface area contributed by atoms with E-state index in [4.69, 9.17) is 0 Å². The van der Waals surface area contributed by atoms with Crippen molar-refractivity contribution in [3.63, 3.8) is 0 Å². The van der Waals surface area contributed by atoms with Gasteiger partial charge < -0.3 is 10.3 Å². The Morgan fingerprint density at radius 1 is 1.11 bits per heavy atom. The summed E-state index contributed by atoms with van der Waals surface area (Å²) in [7, 11) is 0. The summed E-state index contributed by atoms with van der Waals surface area (Å²) in [5.74, 6) is -0.192. The van der Waals surface area contributed by atoms with Crippen molar-refractivity contribution in [1.29, 1.82) is 0 Å². The fourth-order valence-electron chi connectivity index (χ4n) is 3.24. The molecule has 0 saturated heterocycles. The van der Waals surface area contributed by atoms with Gasteiger partial charge in [0.05, 0.1) is 11.0 Å². The maximum atomic E-state index is 12.9. The van der Waals surface area contributed by atoms with Gasteiger partial charge >= 0.3 is 0 Å². The Bertz CT molecular complexity index is 955. The van der Waals surface area contributed by atoms with Gasteiger partial charge in [0, 0.05) is 5.56 Å². The number of carbonyl (C=O) groups excluding carboxylic acids is 2. The molecule has 2 amide bonds. The van der Waals surface area contributed by atoms with Gasteiger partial charge in [-0.25, -0.2) is 4.98 Å². The summed E-state index contributed by atoms with van der Waals surface area (Å²) in [6.45, 7) is 7.84. The number of fused-ring (bicyclic) bond motifs is 1. The number of aromatic nitrogens is 2. The predicted molar refractivity (Wildman–Crippen MR) is 111 cm³/mol. The molecule has 0 aliphatic rings. The van der Waals surface area contributed by atoms with Crippen LogP contribution in [0.5, 0.6) is 0 Å². The maximum absolute atomic E-state index is 12.9. The molecule has 3 aromatic rings. The van der Waals surface area contributed by atoms with Gasteiger partial charge in [-0.3, -0.25) is 14.9 Å². The average molecular weight is 378 g/mol. The van der Waals surface area contributed by atoms with Crippen LogP contribution in [0.4, 0.5) is 5.95 Å². The number of para-hydroxylation sites is 2. The van der Waals surface area contributed by atoms with E-state index in [-0.39, 0.29) is 17.7 Å². The van der Waals surface area contributed by atoms with Gasteiger partial charge in [0.1, 0.15) is 6.04 Å². The van der Waals surface area contributed by atoms with Gasteiger partial charge in [-0.05, 0) is 44.0 Å². The number of aromatic amines is 1. The lowest BCUT2D eigenvalue weighted by Gasteiger charge is -2.23. The van der Waals surface area contributed by atoms with Crippen LogP contribution in [0.2, 0.25) is 0 Å². The highest BCUT2D eigenvalue weighted by atomic mass is 16.2. The first-order valence-electron chi connectivity index (χ1n) is 9.52. The highest BCUT2D eigenvalue weighted by Crippen LogP contribution is 2.16. The third-order valence-corrected chi connectivity index (χ3v) is 4.90. The Kier molecular flexibility index (Phi) is 5.78. The molecule has 0 bridgehead atoms. The van der Waals surface area contributed by atoms with E-state index in [0.29, 0.717) is 11.5 Å². The molecule has 28 heavy (non-hydrogen) atoms. The SMILES string of the molecule is CCC(C)C(NC(=O)c1cc(C)cc(C)c1)C(=O)Nc1nc2ccccc2[nH]1. The summed E-state index contributed by atoms with van der Waals surface area (Å²) in [6, 6.07) is 12.6. The van der Waals surface area contributed by atoms with Crippen LogP contribution in [0.25, 0.3) is 11.0 Å². The Balaban J connectivity index is 1.78. The van der Waals surface area contributed by atoms with Crippen molar-refractivity contribution in [1.82, 2.24) is 15.3 Å². The maximum Gasteiger partial charge on any atom is 0.251 e. The molecule has 3 N–H and O–H groups in total. The second kappa shape index (κ2) is 8.25. The second-order valence-electron chi connectivity index (χ2n) is 7.30. The summed E-state index contributed by atoms with van der Waals surface area (Å²) in [5, 5.41) is 5.71. The van der Waals surface area contributed by atoms with Gasteiger partial charge in [0.25, 0.3) is 5.91 Å². The quantitative estimate of drug-likeness (QED) is 0.607. The van der Waals surface area contributed by atoms with Crippen LogP contribution in [0, 0.1) is 19.8 Å². The first-order chi connectivity index (χ1) is 13.4. The Labute approximate surface area is 164 Å². The topological polar surface area (TPSA) is 86.9 Å². The Morgan fingerprint density at radius 3 is 2.43 bits per heavy atom. The molecule has 0 radical (unpaired) electrons. The number of aryl methyl sites for hydroxylation is 2. The largest absolute Gasteiger partial charge is 0.340 e. The van der Waals surface area contributed by atoms with Crippen molar-refractivity contribution in [3.8, 4) is 0 Å². The van der Waals surface area contributed by atoms with Crippen LogP contribution in [0.1, 0.15) is 41.8 Å². The molecular weight excluding hydrogens is 352 g/mol. The smallest absolute Gasteiger partial charge is 0.251 e. The molecule has 146 valence electrons. The van der Waals surface area contributed by atoms with Crippen molar-refractivity contribution in [2.75, 3.05) is 5.32 Å².